The molecule has 1 N–H and O–H groups in total. The quantitative estimate of drug-likeness (QED) is 0.596. The minimum absolute atomic E-state index is 0.0927. The third kappa shape index (κ3) is 5.12. The smallest absolute Gasteiger partial charge is 0.317 e. The van der Waals surface area contributed by atoms with Crippen molar-refractivity contribution in [3.05, 3.63) is 83.4 Å². The van der Waals surface area contributed by atoms with Crippen molar-refractivity contribution in [3.63, 3.8) is 0 Å². The van der Waals surface area contributed by atoms with Crippen LogP contribution in [0.4, 0.5) is 4.79 Å². The number of piperazine rings is 1. The number of carbonyl (C=O) groups is 1. The summed E-state index contributed by atoms with van der Waals surface area (Å²) < 4.78 is 29.1. The van der Waals surface area contributed by atoms with E-state index in [1.165, 1.54) is 10.4 Å². The summed E-state index contributed by atoms with van der Waals surface area (Å²) >= 11 is 6.07. The molecule has 1 fully saturated rings. The number of hydrogen-bond donors (Lipinski definition) is 1. The summed E-state index contributed by atoms with van der Waals surface area (Å²) in [6.07, 6.45) is 5.41. The molecule has 0 radical (unpaired) electrons. The Kier molecular flexibility index (Phi) is 6.78. The van der Waals surface area contributed by atoms with Crippen molar-refractivity contribution in [2.75, 3.05) is 26.2 Å². The highest BCUT2D eigenvalue weighted by atomic mass is 35.5. The van der Waals surface area contributed by atoms with Crippen molar-refractivity contribution < 1.29 is 13.2 Å². The van der Waals surface area contributed by atoms with Crippen LogP contribution in [0.1, 0.15) is 11.1 Å². The second-order valence-corrected chi connectivity index (χ2v) is 9.85. The Hall–Kier alpha value is -2.88. The lowest BCUT2D eigenvalue weighted by atomic mass is 10.1. The van der Waals surface area contributed by atoms with E-state index in [1.54, 1.807) is 35.6 Å². The lowest BCUT2D eigenvalue weighted by molar-refractivity contribution is 0.172. The van der Waals surface area contributed by atoms with E-state index in [4.69, 9.17) is 11.6 Å². The number of imidazole rings is 1. The van der Waals surface area contributed by atoms with Crippen LogP contribution in [0.5, 0.6) is 0 Å². The maximum atomic E-state index is 12.9. The summed E-state index contributed by atoms with van der Waals surface area (Å²) in [5.74, 6) is 0. The molecule has 2 amide bonds. The van der Waals surface area contributed by atoms with Gasteiger partial charge in [-0.3, -0.25) is 0 Å². The van der Waals surface area contributed by atoms with Crippen molar-refractivity contribution in [2.45, 2.75) is 18.0 Å². The molecule has 8 nitrogen and oxygen atoms in total. The van der Waals surface area contributed by atoms with Crippen LogP contribution < -0.4 is 5.32 Å². The first kappa shape index (κ1) is 22.3. The molecule has 10 heteroatoms. The molecule has 3 aromatic rings. The summed E-state index contributed by atoms with van der Waals surface area (Å²) in [5, 5.41) is 3.13. The van der Waals surface area contributed by atoms with E-state index in [1.807, 2.05) is 35.0 Å². The molecule has 4 rings (SSSR count). The van der Waals surface area contributed by atoms with E-state index in [2.05, 4.69) is 10.3 Å². The predicted molar refractivity (Wildman–Crippen MR) is 122 cm³/mol. The molecule has 2 heterocycles. The topological polar surface area (TPSA) is 87.5 Å². The normalized spacial score (nSPS) is 15.0. The number of sulfonamides is 1. The van der Waals surface area contributed by atoms with Gasteiger partial charge >= 0.3 is 6.03 Å². The van der Waals surface area contributed by atoms with Gasteiger partial charge in [-0.2, -0.15) is 4.31 Å². The van der Waals surface area contributed by atoms with Crippen LogP contribution in [0, 0.1) is 0 Å². The Morgan fingerprint density at radius 1 is 1.03 bits per heavy atom. The van der Waals surface area contributed by atoms with Crippen LogP contribution in [-0.4, -0.2) is 59.4 Å². The molecule has 1 saturated heterocycles. The van der Waals surface area contributed by atoms with E-state index < -0.39 is 10.0 Å². The lowest BCUT2D eigenvalue weighted by Gasteiger charge is -2.34. The van der Waals surface area contributed by atoms with Crippen molar-refractivity contribution in [1.82, 2.24) is 24.1 Å². The molecule has 2 aromatic carbocycles. The number of urea groups is 1. The third-order valence-corrected chi connectivity index (χ3v) is 7.74. The molecule has 0 spiro atoms. The standard InChI is InChI=1S/C22H24ClN5O3S/c23-20-6-1-2-7-21(20)32(30,31)28-12-10-27(11-13-28)22(29)25-15-18-4-3-5-19(14-18)16-26-9-8-24-17-26/h1-9,14,17H,10-13,15-16H2,(H,25,29). The van der Waals surface area contributed by atoms with Gasteiger partial charge in [-0.05, 0) is 23.3 Å². The molecular formula is C22H24ClN5O3S. The Morgan fingerprint density at radius 2 is 1.78 bits per heavy atom. The molecule has 0 atom stereocenters. The largest absolute Gasteiger partial charge is 0.334 e. The predicted octanol–water partition coefficient (Wildman–Crippen LogP) is 2.80. The fraction of sp³-hybridized carbons (Fsp3) is 0.273. The lowest BCUT2D eigenvalue weighted by Crippen LogP contribution is -2.53. The first-order chi connectivity index (χ1) is 15.4. The zero-order chi connectivity index (χ0) is 22.6. The molecule has 168 valence electrons. The molecule has 1 aliphatic rings. The van der Waals surface area contributed by atoms with Gasteiger partial charge in [-0.25, -0.2) is 18.2 Å². The fourth-order valence-corrected chi connectivity index (χ4v) is 5.56. The van der Waals surface area contributed by atoms with Crippen molar-refractivity contribution in [2.24, 2.45) is 0 Å². The highest BCUT2D eigenvalue weighted by Gasteiger charge is 2.31. The Labute approximate surface area is 192 Å². The molecule has 0 saturated carbocycles. The summed E-state index contributed by atoms with van der Waals surface area (Å²) in [4.78, 5) is 18.4. The monoisotopic (exact) mass is 473 g/mol. The van der Waals surface area contributed by atoms with Gasteiger partial charge in [-0.15, -0.1) is 0 Å². The summed E-state index contributed by atoms with van der Waals surface area (Å²) in [6, 6.07) is 14.2. The SMILES string of the molecule is O=C(NCc1cccc(Cn2ccnc2)c1)N1CCN(S(=O)(=O)c2ccccc2Cl)CC1. The van der Waals surface area contributed by atoms with Crippen molar-refractivity contribution in [3.8, 4) is 0 Å². The van der Waals surface area contributed by atoms with Crippen LogP contribution in [0.15, 0.2) is 72.1 Å². The molecule has 1 aromatic heterocycles. The second kappa shape index (κ2) is 9.72. The minimum atomic E-state index is -3.69. The van der Waals surface area contributed by atoms with Crippen molar-refractivity contribution in [1.29, 1.82) is 0 Å². The van der Waals surface area contributed by atoms with Crippen LogP contribution in [-0.2, 0) is 23.1 Å². The molecule has 0 aliphatic carbocycles. The van der Waals surface area contributed by atoms with Crippen LogP contribution >= 0.6 is 11.6 Å². The van der Waals surface area contributed by atoms with Gasteiger partial charge < -0.3 is 14.8 Å². The van der Waals surface area contributed by atoms with Gasteiger partial charge in [0.05, 0.1) is 11.3 Å². The minimum Gasteiger partial charge on any atom is -0.334 e. The van der Waals surface area contributed by atoms with Gasteiger partial charge in [0.2, 0.25) is 10.0 Å². The van der Waals surface area contributed by atoms with Gasteiger partial charge in [0.25, 0.3) is 0 Å². The molecule has 0 unspecified atom stereocenters. The van der Waals surface area contributed by atoms with E-state index in [0.29, 0.717) is 26.2 Å². The number of aromatic nitrogens is 2. The zero-order valence-electron chi connectivity index (χ0n) is 17.4. The average molecular weight is 474 g/mol. The maximum Gasteiger partial charge on any atom is 0.317 e. The van der Waals surface area contributed by atoms with Crippen molar-refractivity contribution >= 4 is 27.7 Å². The average Bonchev–Trinajstić information content (AvgIpc) is 3.31. The van der Waals surface area contributed by atoms with Gasteiger partial charge in [0, 0.05) is 51.7 Å². The Morgan fingerprint density at radius 3 is 2.50 bits per heavy atom. The fourth-order valence-electron chi connectivity index (χ4n) is 3.64. The highest BCUT2D eigenvalue weighted by molar-refractivity contribution is 7.89. The second-order valence-electron chi connectivity index (χ2n) is 7.54. The summed E-state index contributed by atoms with van der Waals surface area (Å²) in [6.45, 7) is 2.19. The molecule has 0 bridgehead atoms. The third-order valence-electron chi connectivity index (χ3n) is 5.34. The number of nitrogens with zero attached hydrogens (tertiary/aromatic N) is 4. The zero-order valence-corrected chi connectivity index (χ0v) is 19.0. The first-order valence-corrected chi connectivity index (χ1v) is 12.1. The number of benzene rings is 2. The highest BCUT2D eigenvalue weighted by Crippen LogP contribution is 2.25. The van der Waals surface area contributed by atoms with Gasteiger partial charge in [0.15, 0.2) is 0 Å². The van der Waals surface area contributed by atoms with Crippen LogP contribution in [0.3, 0.4) is 0 Å². The number of rotatable bonds is 6. The number of amides is 2. The van der Waals surface area contributed by atoms with E-state index >= 15 is 0 Å². The van der Waals surface area contributed by atoms with Gasteiger partial charge in [-0.1, -0.05) is 48.0 Å². The first-order valence-electron chi connectivity index (χ1n) is 10.2. The van der Waals surface area contributed by atoms with E-state index in [9.17, 15) is 13.2 Å². The molecule has 1 aliphatic heterocycles. The van der Waals surface area contributed by atoms with E-state index in [0.717, 1.165) is 11.1 Å². The Balaban J connectivity index is 1.30. The van der Waals surface area contributed by atoms with Crippen LogP contribution in [0.25, 0.3) is 0 Å². The number of nitrogens with one attached hydrogen (secondary N) is 1. The number of carbonyl (C=O) groups excluding carboxylic acids is 1. The number of hydrogen-bond acceptors (Lipinski definition) is 4. The molecule has 32 heavy (non-hydrogen) atoms. The Bertz CT molecular complexity index is 1180. The number of halogens is 1. The summed E-state index contributed by atoms with van der Waals surface area (Å²) in [5.41, 5.74) is 2.11. The maximum absolute atomic E-state index is 12.9. The van der Waals surface area contributed by atoms with E-state index in [-0.39, 0.29) is 29.0 Å². The molecular weight excluding hydrogens is 450 g/mol. The van der Waals surface area contributed by atoms with Gasteiger partial charge in [0.1, 0.15) is 4.90 Å². The van der Waals surface area contributed by atoms with Crippen LogP contribution in [0.2, 0.25) is 5.02 Å². The summed E-state index contributed by atoms with van der Waals surface area (Å²) in [7, 11) is -3.69.